The average molecular weight is 650 g/mol. The molecule has 3 aromatic carbocycles. The number of rotatable bonds is 23. The SMILES string of the molecule is CCCCCCCCc1cc(N=[N+](C)C(=Cc2cc(CCCC)c(C)c(CCCCCC)c2)CC)cc(-c2ccccc2)c1CCCC. The van der Waals surface area contributed by atoms with Crippen LogP contribution in [0.1, 0.15) is 164 Å². The fourth-order valence-electron chi connectivity index (χ4n) is 7.05. The Balaban J connectivity index is 2.03. The minimum Gasteiger partial charge on any atom is -0.0906 e. The third kappa shape index (κ3) is 12.8. The summed E-state index contributed by atoms with van der Waals surface area (Å²) in [5.41, 5.74) is 14.0. The molecule has 0 fully saturated rings. The van der Waals surface area contributed by atoms with Crippen molar-refractivity contribution in [3.8, 4) is 11.1 Å². The Morgan fingerprint density at radius 1 is 0.604 bits per heavy atom. The van der Waals surface area contributed by atoms with Gasteiger partial charge in [0.2, 0.25) is 5.70 Å². The molecule has 0 aliphatic heterocycles. The molecule has 0 aromatic heterocycles. The second kappa shape index (κ2) is 22.6. The molecule has 0 spiro atoms. The van der Waals surface area contributed by atoms with Crippen LogP contribution in [-0.4, -0.2) is 11.7 Å². The van der Waals surface area contributed by atoms with E-state index in [1.807, 2.05) is 0 Å². The van der Waals surface area contributed by atoms with Gasteiger partial charge in [-0.1, -0.05) is 146 Å². The first-order valence-electron chi connectivity index (χ1n) is 19.9. The first-order chi connectivity index (χ1) is 23.4. The molecule has 3 rings (SSSR count). The van der Waals surface area contributed by atoms with Crippen molar-refractivity contribution < 1.29 is 4.70 Å². The summed E-state index contributed by atoms with van der Waals surface area (Å²) < 4.78 is 2.15. The van der Waals surface area contributed by atoms with Crippen molar-refractivity contribution in [2.24, 2.45) is 5.11 Å². The Kier molecular flexibility index (Phi) is 18.6. The van der Waals surface area contributed by atoms with Crippen molar-refractivity contribution >= 4 is 11.8 Å². The van der Waals surface area contributed by atoms with Gasteiger partial charge in [0.05, 0.1) is 0 Å². The Morgan fingerprint density at radius 3 is 1.77 bits per heavy atom. The van der Waals surface area contributed by atoms with Crippen molar-refractivity contribution in [3.05, 3.63) is 93.7 Å². The third-order valence-electron chi connectivity index (χ3n) is 10.1. The van der Waals surface area contributed by atoms with E-state index in [-0.39, 0.29) is 0 Å². The van der Waals surface area contributed by atoms with E-state index in [4.69, 9.17) is 5.11 Å². The molecule has 0 N–H and O–H groups in total. The molecule has 0 amide bonds. The zero-order valence-corrected chi connectivity index (χ0v) is 32.1. The predicted octanol–water partition coefficient (Wildman–Crippen LogP) is 14.6. The van der Waals surface area contributed by atoms with Gasteiger partial charge in [-0.25, -0.2) is 0 Å². The minimum absolute atomic E-state index is 0.939. The van der Waals surface area contributed by atoms with Gasteiger partial charge in [-0.3, -0.25) is 0 Å². The van der Waals surface area contributed by atoms with Crippen molar-refractivity contribution in [3.63, 3.8) is 0 Å². The fraction of sp³-hybridized carbons (Fsp3) is 0.565. The van der Waals surface area contributed by atoms with E-state index in [0.29, 0.717) is 0 Å². The zero-order valence-electron chi connectivity index (χ0n) is 32.1. The summed E-state index contributed by atoms with van der Waals surface area (Å²) in [6.45, 7) is 13.8. The highest BCUT2D eigenvalue weighted by Crippen LogP contribution is 2.34. The topological polar surface area (TPSA) is 15.4 Å². The normalized spacial score (nSPS) is 12.2. The Hall–Kier alpha value is -3.00. The molecule has 0 heterocycles. The van der Waals surface area contributed by atoms with Crippen LogP contribution in [0, 0.1) is 6.92 Å². The lowest BCUT2D eigenvalue weighted by Crippen LogP contribution is -2.04. The number of azo groups is 2. The quantitative estimate of drug-likeness (QED) is 0.0552. The standard InChI is InChI=1S/C46H69N2/c1-8-13-17-19-20-23-30-42-35-43(36-46(45(42)31-16-11-4)39-27-24-21-25-28-39)47-48(7)44(12-5)34-38-32-40(26-15-10-3)37(6)41(33-38)29-22-18-14-9-2/h21,24-25,27-28,32-36H,8-20,22-23,26,29-31H2,1-7H3/q+1. The van der Waals surface area contributed by atoms with Crippen LogP contribution in [-0.2, 0) is 25.7 Å². The highest BCUT2D eigenvalue weighted by atomic mass is 15.3. The van der Waals surface area contributed by atoms with Crippen LogP contribution < -0.4 is 0 Å². The van der Waals surface area contributed by atoms with Gasteiger partial charge in [0, 0.05) is 12.5 Å². The lowest BCUT2D eigenvalue weighted by Gasteiger charge is -2.16. The lowest BCUT2D eigenvalue weighted by atomic mass is 9.89. The zero-order chi connectivity index (χ0) is 34.6. The third-order valence-corrected chi connectivity index (χ3v) is 10.1. The molecule has 262 valence electrons. The van der Waals surface area contributed by atoms with Crippen LogP contribution in [0.2, 0.25) is 0 Å². The second-order valence-electron chi connectivity index (χ2n) is 14.1. The van der Waals surface area contributed by atoms with E-state index in [2.05, 4.69) is 114 Å². The predicted molar refractivity (Wildman–Crippen MR) is 212 cm³/mol. The van der Waals surface area contributed by atoms with Gasteiger partial charge in [-0.2, -0.15) is 0 Å². The van der Waals surface area contributed by atoms with Crippen LogP contribution in [0.5, 0.6) is 0 Å². The molecule has 0 aliphatic carbocycles. The maximum absolute atomic E-state index is 5.31. The van der Waals surface area contributed by atoms with Gasteiger partial charge in [0.15, 0.2) is 7.05 Å². The van der Waals surface area contributed by atoms with Crippen molar-refractivity contribution in [2.75, 3.05) is 7.05 Å². The molecule has 0 saturated carbocycles. The highest BCUT2D eigenvalue weighted by Gasteiger charge is 2.16. The van der Waals surface area contributed by atoms with Crippen LogP contribution in [0.4, 0.5) is 5.69 Å². The number of benzene rings is 3. The maximum atomic E-state index is 5.31. The summed E-state index contributed by atoms with van der Waals surface area (Å²) in [5, 5.41) is 5.31. The number of aryl methyl sites for hydroxylation is 3. The van der Waals surface area contributed by atoms with Gasteiger partial charge in [-0.05, 0) is 120 Å². The van der Waals surface area contributed by atoms with Crippen LogP contribution in [0.3, 0.4) is 0 Å². The van der Waals surface area contributed by atoms with E-state index < -0.39 is 0 Å². The summed E-state index contributed by atoms with van der Waals surface area (Å²) >= 11 is 0. The average Bonchev–Trinajstić information content (AvgIpc) is 3.10. The smallest absolute Gasteiger partial charge is 0.0906 e. The molecule has 0 aliphatic rings. The largest absolute Gasteiger partial charge is 0.208 e. The molecule has 0 bridgehead atoms. The Bertz CT molecular complexity index is 1410. The number of hydrogen-bond acceptors (Lipinski definition) is 1. The molecule has 3 aromatic rings. The van der Waals surface area contributed by atoms with Gasteiger partial charge >= 0.3 is 0 Å². The Morgan fingerprint density at radius 2 is 1.15 bits per heavy atom. The van der Waals surface area contributed by atoms with Gasteiger partial charge in [0.1, 0.15) is 5.69 Å². The van der Waals surface area contributed by atoms with Crippen molar-refractivity contribution in [1.82, 2.24) is 0 Å². The lowest BCUT2D eigenvalue weighted by molar-refractivity contribution is -0.512. The van der Waals surface area contributed by atoms with Crippen LogP contribution in [0.25, 0.3) is 17.2 Å². The highest BCUT2D eigenvalue weighted by molar-refractivity contribution is 5.72. The first-order valence-corrected chi connectivity index (χ1v) is 19.9. The molecule has 48 heavy (non-hydrogen) atoms. The number of hydrogen-bond donors (Lipinski definition) is 0. The van der Waals surface area contributed by atoms with E-state index in [1.165, 1.54) is 153 Å². The van der Waals surface area contributed by atoms with E-state index in [1.54, 1.807) is 0 Å². The number of nitrogens with zero attached hydrogens (tertiary/aromatic N) is 2. The second-order valence-corrected chi connectivity index (χ2v) is 14.1. The summed E-state index contributed by atoms with van der Waals surface area (Å²) in [4.78, 5) is 0. The van der Waals surface area contributed by atoms with Gasteiger partial charge < -0.3 is 0 Å². The van der Waals surface area contributed by atoms with Crippen molar-refractivity contribution in [1.29, 1.82) is 0 Å². The van der Waals surface area contributed by atoms with Crippen molar-refractivity contribution in [2.45, 2.75) is 164 Å². The van der Waals surface area contributed by atoms with Crippen LogP contribution >= 0.6 is 0 Å². The molecule has 0 unspecified atom stereocenters. The molecule has 0 radical (unpaired) electrons. The fourth-order valence-corrected chi connectivity index (χ4v) is 7.05. The molecule has 0 saturated heterocycles. The molecular weight excluding hydrogens is 581 g/mol. The Labute approximate surface area is 296 Å². The van der Waals surface area contributed by atoms with E-state index in [0.717, 1.165) is 24.9 Å². The summed E-state index contributed by atoms with van der Waals surface area (Å²) in [6.07, 6.45) is 26.0. The minimum atomic E-state index is 0.939. The van der Waals surface area contributed by atoms with Gasteiger partial charge in [-0.15, -0.1) is 0 Å². The monoisotopic (exact) mass is 650 g/mol. The summed E-state index contributed by atoms with van der Waals surface area (Å²) in [6, 6.07) is 20.7. The van der Waals surface area contributed by atoms with E-state index in [9.17, 15) is 0 Å². The summed E-state index contributed by atoms with van der Waals surface area (Å²) in [7, 11) is 2.15. The van der Waals surface area contributed by atoms with Crippen LogP contribution in [0.15, 0.2) is 65.4 Å². The molecular formula is C46H69N2+. The van der Waals surface area contributed by atoms with Gasteiger partial charge in [0.25, 0.3) is 0 Å². The molecule has 2 heteroatoms. The summed E-state index contributed by atoms with van der Waals surface area (Å²) in [5.74, 6) is 0. The number of allylic oxidation sites excluding steroid dienone is 1. The number of unbranched alkanes of at least 4 members (excludes halogenated alkanes) is 10. The maximum Gasteiger partial charge on any atom is 0.208 e. The molecule has 0 atom stereocenters. The first kappa shape index (κ1) is 39.4. The van der Waals surface area contributed by atoms with E-state index >= 15 is 0 Å². The molecule has 2 nitrogen and oxygen atoms in total.